The second kappa shape index (κ2) is 5.88. The molecule has 0 aliphatic carbocycles. The summed E-state index contributed by atoms with van der Waals surface area (Å²) < 4.78 is 24.6. The van der Waals surface area contributed by atoms with E-state index in [4.69, 9.17) is 9.15 Å². The minimum atomic E-state index is -1.42. The molecule has 6 heteroatoms. The van der Waals surface area contributed by atoms with E-state index in [1.807, 2.05) is 32.0 Å². The number of pyridine rings is 1. The number of nitrogens with zero attached hydrogens (tertiary/aromatic N) is 2. The standard InChI is InChI=1S/C19H18FN3O2/c1-10(2)17-8-13-12(4-5-16(18(13)25-17)24-11(3)20)19-22-14-6-7-21-9-15(14)23-19/h4-11H,1-3H3,(H,22,23). The summed E-state index contributed by atoms with van der Waals surface area (Å²) in [7, 11) is 0. The van der Waals surface area contributed by atoms with Gasteiger partial charge in [0.1, 0.15) is 11.6 Å². The quantitative estimate of drug-likeness (QED) is 0.556. The third-order valence-electron chi connectivity index (χ3n) is 4.06. The summed E-state index contributed by atoms with van der Waals surface area (Å²) in [4.78, 5) is 12.0. The van der Waals surface area contributed by atoms with Crippen LogP contribution in [-0.4, -0.2) is 21.3 Å². The van der Waals surface area contributed by atoms with E-state index in [1.54, 1.807) is 18.5 Å². The van der Waals surface area contributed by atoms with Crippen LogP contribution in [0.3, 0.4) is 0 Å². The molecule has 128 valence electrons. The Kier molecular flexibility index (Phi) is 3.67. The van der Waals surface area contributed by atoms with Gasteiger partial charge in [-0.25, -0.2) is 9.37 Å². The Morgan fingerprint density at radius 1 is 1.20 bits per heavy atom. The number of furan rings is 1. The van der Waals surface area contributed by atoms with Gasteiger partial charge in [-0.3, -0.25) is 4.98 Å². The molecule has 1 aromatic carbocycles. The molecule has 5 nitrogen and oxygen atoms in total. The number of hydrogen-bond donors (Lipinski definition) is 1. The van der Waals surface area contributed by atoms with Crippen molar-refractivity contribution >= 4 is 22.0 Å². The maximum atomic E-state index is 13.4. The fraction of sp³-hybridized carbons (Fsp3) is 0.263. The first-order valence-corrected chi connectivity index (χ1v) is 8.20. The lowest BCUT2D eigenvalue weighted by atomic mass is 10.1. The van der Waals surface area contributed by atoms with Gasteiger partial charge in [-0.2, -0.15) is 0 Å². The van der Waals surface area contributed by atoms with Gasteiger partial charge in [-0.05, 0) is 24.3 Å². The molecule has 3 heterocycles. The molecule has 0 aliphatic heterocycles. The van der Waals surface area contributed by atoms with Crippen molar-refractivity contribution in [1.29, 1.82) is 0 Å². The molecule has 0 spiro atoms. The predicted octanol–water partition coefficient (Wildman–Crippen LogP) is 5.19. The summed E-state index contributed by atoms with van der Waals surface area (Å²) >= 11 is 0. The molecule has 3 aromatic heterocycles. The molecule has 0 saturated heterocycles. The van der Waals surface area contributed by atoms with E-state index >= 15 is 0 Å². The summed E-state index contributed by atoms with van der Waals surface area (Å²) in [5, 5.41) is 0.842. The van der Waals surface area contributed by atoms with Crippen LogP contribution >= 0.6 is 0 Å². The molecule has 0 fully saturated rings. The van der Waals surface area contributed by atoms with Crippen molar-refractivity contribution in [3.05, 3.63) is 42.4 Å². The van der Waals surface area contributed by atoms with Gasteiger partial charge in [0.15, 0.2) is 11.3 Å². The van der Waals surface area contributed by atoms with Crippen molar-refractivity contribution in [2.24, 2.45) is 0 Å². The number of aromatic amines is 1. The molecular weight excluding hydrogens is 321 g/mol. The number of fused-ring (bicyclic) bond motifs is 2. The number of alkyl halides is 1. The van der Waals surface area contributed by atoms with Gasteiger partial charge in [0.25, 0.3) is 0 Å². The number of halogens is 1. The highest BCUT2D eigenvalue weighted by molar-refractivity contribution is 5.97. The van der Waals surface area contributed by atoms with Gasteiger partial charge >= 0.3 is 0 Å². The highest BCUT2D eigenvalue weighted by Gasteiger charge is 2.19. The molecule has 4 rings (SSSR count). The van der Waals surface area contributed by atoms with Gasteiger partial charge in [0, 0.05) is 30.0 Å². The maximum absolute atomic E-state index is 13.4. The van der Waals surface area contributed by atoms with Crippen molar-refractivity contribution in [1.82, 2.24) is 15.0 Å². The van der Waals surface area contributed by atoms with Gasteiger partial charge in [0.2, 0.25) is 6.36 Å². The van der Waals surface area contributed by atoms with Crippen molar-refractivity contribution in [2.75, 3.05) is 0 Å². The highest BCUT2D eigenvalue weighted by Crippen LogP contribution is 2.38. The van der Waals surface area contributed by atoms with E-state index in [9.17, 15) is 4.39 Å². The molecule has 0 aliphatic rings. The second-order valence-electron chi connectivity index (χ2n) is 6.30. The van der Waals surface area contributed by atoms with Gasteiger partial charge in [-0.1, -0.05) is 13.8 Å². The average molecular weight is 339 g/mol. The smallest absolute Gasteiger partial charge is 0.236 e. The number of aromatic nitrogens is 3. The Balaban J connectivity index is 1.94. The summed E-state index contributed by atoms with van der Waals surface area (Å²) in [6, 6.07) is 7.40. The van der Waals surface area contributed by atoms with Crippen molar-refractivity contribution in [3.63, 3.8) is 0 Å². The van der Waals surface area contributed by atoms with Crippen molar-refractivity contribution in [3.8, 4) is 17.1 Å². The minimum Gasteiger partial charge on any atom is -0.457 e. The first kappa shape index (κ1) is 15.6. The normalized spacial score (nSPS) is 13.0. The lowest BCUT2D eigenvalue weighted by Crippen LogP contribution is -2.03. The van der Waals surface area contributed by atoms with E-state index in [2.05, 4.69) is 15.0 Å². The lowest BCUT2D eigenvalue weighted by Gasteiger charge is -2.08. The number of nitrogens with one attached hydrogen (secondary N) is 1. The van der Waals surface area contributed by atoms with Gasteiger partial charge in [0.05, 0.1) is 17.2 Å². The number of ether oxygens (including phenoxy) is 1. The third kappa shape index (κ3) is 2.73. The number of benzene rings is 1. The predicted molar refractivity (Wildman–Crippen MR) is 94.4 cm³/mol. The zero-order valence-electron chi connectivity index (χ0n) is 14.2. The van der Waals surface area contributed by atoms with E-state index in [0.29, 0.717) is 17.2 Å². The van der Waals surface area contributed by atoms with E-state index in [1.165, 1.54) is 6.92 Å². The second-order valence-corrected chi connectivity index (χ2v) is 6.30. The van der Waals surface area contributed by atoms with Crippen molar-refractivity contribution in [2.45, 2.75) is 33.0 Å². The Morgan fingerprint density at radius 3 is 2.76 bits per heavy atom. The third-order valence-corrected chi connectivity index (χ3v) is 4.06. The Labute approximate surface area is 143 Å². The lowest BCUT2D eigenvalue weighted by molar-refractivity contribution is 0.0864. The topological polar surface area (TPSA) is 63.9 Å². The van der Waals surface area contributed by atoms with Crippen LogP contribution in [0.1, 0.15) is 32.4 Å². The largest absolute Gasteiger partial charge is 0.457 e. The SMILES string of the molecule is CC(F)Oc1ccc(-c2nc3ccncc3[nH]2)c2cc(C(C)C)oc12. The maximum Gasteiger partial charge on any atom is 0.236 e. The summed E-state index contributed by atoms with van der Waals surface area (Å²) in [5.74, 6) is 2.12. The summed E-state index contributed by atoms with van der Waals surface area (Å²) in [6.07, 6.45) is 2.02. The molecule has 0 bridgehead atoms. The van der Waals surface area contributed by atoms with E-state index < -0.39 is 6.36 Å². The Morgan fingerprint density at radius 2 is 2.04 bits per heavy atom. The van der Waals surface area contributed by atoms with Crippen LogP contribution in [0.15, 0.2) is 41.1 Å². The first-order chi connectivity index (χ1) is 12.0. The molecule has 0 saturated carbocycles. The molecule has 25 heavy (non-hydrogen) atoms. The molecule has 4 aromatic rings. The van der Waals surface area contributed by atoms with E-state index in [-0.39, 0.29) is 5.92 Å². The zero-order chi connectivity index (χ0) is 17.6. The molecule has 1 unspecified atom stereocenters. The number of hydrogen-bond acceptors (Lipinski definition) is 4. The molecule has 0 radical (unpaired) electrons. The summed E-state index contributed by atoms with van der Waals surface area (Å²) in [5.41, 5.74) is 3.10. The zero-order valence-corrected chi connectivity index (χ0v) is 14.2. The molecular formula is C19H18FN3O2. The molecule has 1 atom stereocenters. The summed E-state index contributed by atoms with van der Waals surface area (Å²) in [6.45, 7) is 5.43. The van der Waals surface area contributed by atoms with Crippen LogP contribution in [-0.2, 0) is 0 Å². The van der Waals surface area contributed by atoms with Crippen molar-refractivity contribution < 1.29 is 13.5 Å². The highest BCUT2D eigenvalue weighted by atomic mass is 19.1. The fourth-order valence-corrected chi connectivity index (χ4v) is 2.86. The Hall–Kier alpha value is -2.89. The molecule has 0 amide bonds. The van der Waals surface area contributed by atoms with Gasteiger partial charge < -0.3 is 14.1 Å². The number of imidazole rings is 1. The van der Waals surface area contributed by atoms with Crippen LogP contribution in [0.25, 0.3) is 33.4 Å². The number of H-pyrrole nitrogens is 1. The van der Waals surface area contributed by atoms with Gasteiger partial charge in [-0.15, -0.1) is 0 Å². The van der Waals surface area contributed by atoms with Crippen LogP contribution in [0.2, 0.25) is 0 Å². The van der Waals surface area contributed by atoms with E-state index in [0.717, 1.165) is 27.7 Å². The molecule has 1 N–H and O–H groups in total. The average Bonchev–Trinajstić information content (AvgIpc) is 3.19. The van der Waals surface area contributed by atoms with Crippen LogP contribution in [0.4, 0.5) is 4.39 Å². The Bertz CT molecular complexity index is 1020. The first-order valence-electron chi connectivity index (χ1n) is 8.20. The minimum absolute atomic E-state index is 0.204. The van der Waals surface area contributed by atoms with Crippen LogP contribution in [0, 0.1) is 0 Å². The number of rotatable bonds is 4. The van der Waals surface area contributed by atoms with Crippen LogP contribution < -0.4 is 4.74 Å². The fourth-order valence-electron chi connectivity index (χ4n) is 2.86. The van der Waals surface area contributed by atoms with Crippen LogP contribution in [0.5, 0.6) is 5.75 Å². The monoisotopic (exact) mass is 339 g/mol.